The van der Waals surface area contributed by atoms with Crippen molar-refractivity contribution in [2.24, 2.45) is 0 Å². The molecule has 1 aliphatic rings. The van der Waals surface area contributed by atoms with Crippen molar-refractivity contribution in [2.75, 3.05) is 0 Å². The Morgan fingerprint density at radius 3 is 2.58 bits per heavy atom. The van der Waals surface area contributed by atoms with E-state index in [1.807, 2.05) is 0 Å². The van der Waals surface area contributed by atoms with Crippen molar-refractivity contribution in [1.82, 2.24) is 9.97 Å². The summed E-state index contributed by atoms with van der Waals surface area (Å²) in [5.74, 6) is -1.24. The third kappa shape index (κ3) is 2.10. The summed E-state index contributed by atoms with van der Waals surface area (Å²) in [6, 6.07) is 2.29. The molecule has 1 N–H and O–H groups in total. The van der Waals surface area contributed by atoms with Crippen LogP contribution < -0.4 is 5.56 Å². The number of nitrogens with zero attached hydrogens (tertiary/aromatic N) is 1. The number of aryl methyl sites for hydroxylation is 1. The Balaban J connectivity index is 2.18. The fourth-order valence-electron chi connectivity index (χ4n) is 2.27. The molecule has 98 valence electrons. The summed E-state index contributed by atoms with van der Waals surface area (Å²) in [7, 11) is 0. The molecule has 1 aliphatic carbocycles. The predicted molar refractivity (Wildman–Crippen MR) is 69.9 cm³/mol. The maximum Gasteiger partial charge on any atom is 0.254 e. The van der Waals surface area contributed by atoms with E-state index in [1.54, 1.807) is 0 Å². The molecule has 0 unspecified atom stereocenters. The number of rotatable bonds is 1. The number of H-pyrrole nitrogens is 1. The van der Waals surface area contributed by atoms with Crippen LogP contribution >= 0.6 is 15.9 Å². The number of aromatic nitrogens is 2. The predicted octanol–water partition coefficient (Wildman–Crippen LogP) is 2.97. The van der Waals surface area contributed by atoms with E-state index in [0.717, 1.165) is 30.7 Å². The largest absolute Gasteiger partial charge is 0.306 e. The van der Waals surface area contributed by atoms with E-state index in [9.17, 15) is 13.6 Å². The monoisotopic (exact) mass is 326 g/mol. The summed E-state index contributed by atoms with van der Waals surface area (Å²) >= 11 is 2.81. The first-order valence-electron chi connectivity index (χ1n) is 5.83. The van der Waals surface area contributed by atoms with Gasteiger partial charge in [0.15, 0.2) is 0 Å². The first-order valence-corrected chi connectivity index (χ1v) is 6.62. The number of hydrogen-bond acceptors (Lipinski definition) is 2. The highest BCUT2D eigenvalue weighted by Crippen LogP contribution is 2.26. The van der Waals surface area contributed by atoms with Gasteiger partial charge in [0.2, 0.25) is 0 Å². The average Bonchev–Trinajstić information content (AvgIpc) is 2.84. The molecule has 1 aromatic heterocycles. The standard InChI is InChI=1S/C13H9BrF2N2O/c14-11-8(15)4-6(5-9(11)16)12-17-10-3-1-2-7(10)13(19)18-12/h4-5H,1-3H2,(H,17,18,19). The van der Waals surface area contributed by atoms with Gasteiger partial charge < -0.3 is 4.98 Å². The number of nitrogens with one attached hydrogen (secondary N) is 1. The third-order valence-corrected chi connectivity index (χ3v) is 3.96. The van der Waals surface area contributed by atoms with Gasteiger partial charge in [-0.25, -0.2) is 13.8 Å². The summed E-state index contributed by atoms with van der Waals surface area (Å²) in [6.45, 7) is 0. The molecule has 2 aromatic rings. The van der Waals surface area contributed by atoms with Crippen LogP contribution in [0.25, 0.3) is 11.4 Å². The molecule has 0 radical (unpaired) electrons. The van der Waals surface area contributed by atoms with Crippen molar-refractivity contribution in [2.45, 2.75) is 19.3 Å². The van der Waals surface area contributed by atoms with Gasteiger partial charge in [-0.05, 0) is 47.3 Å². The summed E-state index contributed by atoms with van der Waals surface area (Å²) < 4.78 is 26.8. The van der Waals surface area contributed by atoms with Gasteiger partial charge in [-0.1, -0.05) is 0 Å². The van der Waals surface area contributed by atoms with Crippen LogP contribution in [-0.4, -0.2) is 9.97 Å². The van der Waals surface area contributed by atoms with Crippen molar-refractivity contribution >= 4 is 15.9 Å². The van der Waals surface area contributed by atoms with E-state index >= 15 is 0 Å². The van der Waals surface area contributed by atoms with E-state index in [-0.39, 0.29) is 21.4 Å². The molecular formula is C13H9BrF2N2O. The Labute approximate surface area is 115 Å². The van der Waals surface area contributed by atoms with Crippen molar-refractivity contribution in [1.29, 1.82) is 0 Å². The molecule has 6 heteroatoms. The minimum Gasteiger partial charge on any atom is -0.306 e. The summed E-state index contributed by atoms with van der Waals surface area (Å²) in [4.78, 5) is 18.7. The van der Waals surface area contributed by atoms with Crippen LogP contribution in [0.4, 0.5) is 8.78 Å². The zero-order chi connectivity index (χ0) is 13.6. The second-order valence-electron chi connectivity index (χ2n) is 4.45. The Morgan fingerprint density at radius 1 is 1.21 bits per heavy atom. The van der Waals surface area contributed by atoms with Gasteiger partial charge in [0.1, 0.15) is 17.5 Å². The Morgan fingerprint density at radius 2 is 1.89 bits per heavy atom. The Hall–Kier alpha value is -1.56. The maximum absolute atomic E-state index is 13.5. The zero-order valence-corrected chi connectivity index (χ0v) is 11.4. The molecule has 0 saturated carbocycles. The molecule has 1 aromatic carbocycles. The van der Waals surface area contributed by atoms with E-state index < -0.39 is 11.6 Å². The lowest BCUT2D eigenvalue weighted by Crippen LogP contribution is -2.15. The molecule has 0 amide bonds. The fraction of sp³-hybridized carbons (Fsp3) is 0.231. The van der Waals surface area contributed by atoms with Crippen LogP contribution in [0, 0.1) is 11.6 Å². The number of benzene rings is 1. The SMILES string of the molecule is O=c1[nH]c(-c2cc(F)c(Br)c(F)c2)nc2c1CCC2. The number of aromatic amines is 1. The quantitative estimate of drug-likeness (QED) is 0.819. The highest BCUT2D eigenvalue weighted by Gasteiger charge is 2.18. The van der Waals surface area contributed by atoms with Crippen molar-refractivity contribution < 1.29 is 8.78 Å². The lowest BCUT2D eigenvalue weighted by molar-refractivity contribution is 0.572. The number of halogens is 3. The van der Waals surface area contributed by atoms with Gasteiger partial charge in [-0.3, -0.25) is 4.79 Å². The van der Waals surface area contributed by atoms with Crippen LogP contribution in [-0.2, 0) is 12.8 Å². The van der Waals surface area contributed by atoms with Gasteiger partial charge in [0, 0.05) is 11.1 Å². The molecule has 1 heterocycles. The Kier molecular flexibility index (Phi) is 2.97. The van der Waals surface area contributed by atoms with Crippen LogP contribution in [0.2, 0.25) is 0 Å². The second kappa shape index (κ2) is 4.52. The first kappa shape index (κ1) is 12.5. The first-order chi connectivity index (χ1) is 9.06. The fourth-order valence-corrected chi connectivity index (χ4v) is 2.50. The van der Waals surface area contributed by atoms with Gasteiger partial charge in [-0.15, -0.1) is 0 Å². The van der Waals surface area contributed by atoms with Crippen LogP contribution in [0.1, 0.15) is 17.7 Å². The van der Waals surface area contributed by atoms with Gasteiger partial charge in [-0.2, -0.15) is 0 Å². The smallest absolute Gasteiger partial charge is 0.254 e. The minimum atomic E-state index is -0.724. The zero-order valence-electron chi connectivity index (χ0n) is 9.77. The van der Waals surface area contributed by atoms with E-state index in [0.29, 0.717) is 12.0 Å². The summed E-state index contributed by atoms with van der Waals surface area (Å²) in [5.41, 5.74) is 1.41. The highest BCUT2D eigenvalue weighted by atomic mass is 79.9. The molecule has 0 atom stereocenters. The van der Waals surface area contributed by atoms with Gasteiger partial charge in [0.05, 0.1) is 10.2 Å². The summed E-state index contributed by atoms with van der Waals surface area (Å²) in [5, 5.41) is 0. The van der Waals surface area contributed by atoms with Crippen molar-refractivity contribution in [3.05, 3.63) is 49.9 Å². The Bertz CT molecular complexity index is 704. The molecule has 19 heavy (non-hydrogen) atoms. The van der Waals surface area contributed by atoms with Gasteiger partial charge in [0.25, 0.3) is 5.56 Å². The lowest BCUT2D eigenvalue weighted by Gasteiger charge is -2.06. The van der Waals surface area contributed by atoms with Crippen LogP contribution in [0.5, 0.6) is 0 Å². The topological polar surface area (TPSA) is 45.8 Å². The molecule has 0 aliphatic heterocycles. The highest BCUT2D eigenvalue weighted by molar-refractivity contribution is 9.10. The van der Waals surface area contributed by atoms with E-state index in [2.05, 4.69) is 25.9 Å². The number of fused-ring (bicyclic) bond motifs is 1. The minimum absolute atomic E-state index is 0.205. The molecule has 0 saturated heterocycles. The normalized spacial score (nSPS) is 13.6. The molecule has 3 rings (SSSR count). The maximum atomic E-state index is 13.5. The molecule has 3 nitrogen and oxygen atoms in total. The molecule has 0 spiro atoms. The van der Waals surface area contributed by atoms with E-state index in [4.69, 9.17) is 0 Å². The van der Waals surface area contributed by atoms with E-state index in [1.165, 1.54) is 0 Å². The molecule has 0 fully saturated rings. The average molecular weight is 327 g/mol. The van der Waals surface area contributed by atoms with Crippen LogP contribution in [0.3, 0.4) is 0 Å². The van der Waals surface area contributed by atoms with Gasteiger partial charge >= 0.3 is 0 Å². The molecular weight excluding hydrogens is 318 g/mol. The summed E-state index contributed by atoms with van der Waals surface area (Å²) in [6.07, 6.45) is 2.33. The second-order valence-corrected chi connectivity index (χ2v) is 5.24. The molecule has 0 bridgehead atoms. The number of hydrogen-bond donors (Lipinski definition) is 1. The van der Waals surface area contributed by atoms with Crippen molar-refractivity contribution in [3.8, 4) is 11.4 Å². The third-order valence-electron chi connectivity index (χ3n) is 3.20. The van der Waals surface area contributed by atoms with Crippen LogP contribution in [0.15, 0.2) is 21.4 Å². The lowest BCUT2D eigenvalue weighted by atomic mass is 10.2. The van der Waals surface area contributed by atoms with Crippen molar-refractivity contribution in [3.63, 3.8) is 0 Å².